The number of rotatable bonds is 5. The van der Waals surface area contributed by atoms with Crippen LogP contribution in [0.3, 0.4) is 0 Å². The minimum absolute atomic E-state index is 0.00861. The molecule has 0 aliphatic carbocycles. The lowest BCUT2D eigenvalue weighted by Gasteiger charge is -2.31. The van der Waals surface area contributed by atoms with Crippen LogP contribution in [0.25, 0.3) is 0 Å². The maximum absolute atomic E-state index is 12.7. The topological polar surface area (TPSA) is 72.6 Å². The van der Waals surface area contributed by atoms with E-state index in [9.17, 15) is 8.42 Å². The molecule has 1 unspecified atom stereocenters. The van der Waals surface area contributed by atoms with Gasteiger partial charge >= 0.3 is 0 Å². The molecule has 1 fully saturated rings. The fourth-order valence-electron chi connectivity index (χ4n) is 2.36. The summed E-state index contributed by atoms with van der Waals surface area (Å²) in [4.78, 5) is 0.264. The Morgan fingerprint density at radius 3 is 2.90 bits per heavy atom. The smallest absolute Gasteiger partial charge is 0.243 e. The first-order valence-electron chi connectivity index (χ1n) is 7.12. The second-order valence-corrected chi connectivity index (χ2v) is 7.97. The van der Waals surface area contributed by atoms with Gasteiger partial charge in [-0.25, -0.2) is 8.42 Å². The molecule has 1 heterocycles. The molecule has 0 aromatic heterocycles. The molecule has 2 N–H and O–H groups in total. The van der Waals surface area contributed by atoms with Crippen LogP contribution in [0.2, 0.25) is 0 Å². The van der Waals surface area contributed by atoms with E-state index in [4.69, 9.17) is 10.5 Å². The van der Waals surface area contributed by atoms with E-state index in [-0.39, 0.29) is 11.0 Å². The van der Waals surface area contributed by atoms with Gasteiger partial charge in [-0.05, 0) is 53.4 Å². The summed E-state index contributed by atoms with van der Waals surface area (Å²) in [5.41, 5.74) is 6.24. The minimum atomic E-state index is -3.49. The van der Waals surface area contributed by atoms with Crippen molar-refractivity contribution in [2.75, 3.05) is 25.4 Å². The van der Waals surface area contributed by atoms with Crippen molar-refractivity contribution in [3.63, 3.8) is 0 Å². The molecule has 0 spiro atoms. The van der Waals surface area contributed by atoms with Crippen molar-refractivity contribution in [1.82, 2.24) is 4.31 Å². The number of nitrogens with zero attached hydrogens (tertiary/aromatic N) is 1. The number of piperidine rings is 1. The average molecular weight is 377 g/mol. The van der Waals surface area contributed by atoms with Gasteiger partial charge in [-0.3, -0.25) is 0 Å². The molecular formula is C14H21BrN2O3S. The summed E-state index contributed by atoms with van der Waals surface area (Å²) in [5, 5.41) is 0. The van der Waals surface area contributed by atoms with Crippen molar-refractivity contribution in [3.8, 4) is 0 Å². The zero-order valence-electron chi connectivity index (χ0n) is 12.1. The van der Waals surface area contributed by atoms with Crippen molar-refractivity contribution in [2.45, 2.75) is 37.2 Å². The lowest BCUT2D eigenvalue weighted by Crippen LogP contribution is -2.43. The molecule has 1 saturated heterocycles. The number of sulfonamides is 1. The number of nitrogens with two attached hydrogens (primary N) is 1. The first kappa shape index (κ1) is 16.7. The predicted molar refractivity (Wildman–Crippen MR) is 86.6 cm³/mol. The zero-order valence-corrected chi connectivity index (χ0v) is 14.5. The SMILES string of the molecule is CCCOC1CCCN(S(=O)(=O)c2ccc(N)c(Br)c2)C1. The Balaban J connectivity index is 2.16. The van der Waals surface area contributed by atoms with Crippen molar-refractivity contribution < 1.29 is 13.2 Å². The molecule has 0 amide bonds. The quantitative estimate of drug-likeness (QED) is 0.801. The van der Waals surface area contributed by atoms with Gasteiger partial charge in [-0.1, -0.05) is 6.92 Å². The minimum Gasteiger partial charge on any atom is -0.398 e. The third-order valence-corrected chi connectivity index (χ3v) is 6.06. The maximum atomic E-state index is 12.7. The number of benzene rings is 1. The highest BCUT2D eigenvalue weighted by Gasteiger charge is 2.30. The third-order valence-electron chi connectivity index (χ3n) is 3.51. The lowest BCUT2D eigenvalue weighted by atomic mass is 10.1. The lowest BCUT2D eigenvalue weighted by molar-refractivity contribution is 0.0193. The Labute approximate surface area is 134 Å². The zero-order chi connectivity index (χ0) is 15.5. The number of halogens is 1. The van der Waals surface area contributed by atoms with Gasteiger partial charge in [0.1, 0.15) is 0 Å². The molecule has 0 bridgehead atoms. The van der Waals surface area contributed by atoms with Gasteiger partial charge in [0.2, 0.25) is 10.0 Å². The van der Waals surface area contributed by atoms with Gasteiger partial charge < -0.3 is 10.5 Å². The van der Waals surface area contributed by atoms with E-state index >= 15 is 0 Å². The first-order valence-corrected chi connectivity index (χ1v) is 9.35. The summed E-state index contributed by atoms with van der Waals surface area (Å²) >= 11 is 3.28. The van der Waals surface area contributed by atoms with Crippen LogP contribution in [-0.4, -0.2) is 38.5 Å². The second-order valence-electron chi connectivity index (χ2n) is 5.18. The standard InChI is InChI=1S/C14H21BrN2O3S/c1-2-8-20-11-4-3-7-17(10-11)21(18,19)12-5-6-14(16)13(15)9-12/h5-6,9,11H,2-4,7-8,10,16H2,1H3. The number of anilines is 1. The highest BCUT2D eigenvalue weighted by atomic mass is 79.9. The van der Waals surface area contributed by atoms with E-state index in [1.807, 2.05) is 6.92 Å². The Morgan fingerprint density at radius 1 is 1.48 bits per heavy atom. The number of hydrogen-bond donors (Lipinski definition) is 1. The Kier molecular flexibility index (Phi) is 5.65. The van der Waals surface area contributed by atoms with Crippen LogP contribution in [0.15, 0.2) is 27.6 Å². The van der Waals surface area contributed by atoms with Crippen LogP contribution in [-0.2, 0) is 14.8 Å². The van der Waals surface area contributed by atoms with E-state index in [1.54, 1.807) is 18.2 Å². The second kappa shape index (κ2) is 7.09. The van der Waals surface area contributed by atoms with Crippen molar-refractivity contribution in [2.24, 2.45) is 0 Å². The highest BCUT2D eigenvalue weighted by molar-refractivity contribution is 9.10. The Morgan fingerprint density at radius 2 is 2.24 bits per heavy atom. The number of ether oxygens (including phenoxy) is 1. The van der Waals surface area contributed by atoms with E-state index in [2.05, 4.69) is 15.9 Å². The van der Waals surface area contributed by atoms with E-state index in [0.717, 1.165) is 19.3 Å². The van der Waals surface area contributed by atoms with E-state index < -0.39 is 10.0 Å². The van der Waals surface area contributed by atoms with Crippen molar-refractivity contribution in [3.05, 3.63) is 22.7 Å². The Hall–Kier alpha value is -0.630. The molecule has 0 saturated carbocycles. The monoisotopic (exact) mass is 376 g/mol. The largest absolute Gasteiger partial charge is 0.398 e. The van der Waals surface area contributed by atoms with Crippen LogP contribution in [0.4, 0.5) is 5.69 Å². The summed E-state index contributed by atoms with van der Waals surface area (Å²) in [5.74, 6) is 0. The van der Waals surface area contributed by atoms with Gasteiger partial charge in [0.25, 0.3) is 0 Å². The fraction of sp³-hybridized carbons (Fsp3) is 0.571. The fourth-order valence-corrected chi connectivity index (χ4v) is 4.43. The Bertz CT molecular complexity index is 592. The van der Waals surface area contributed by atoms with Crippen LogP contribution in [0.5, 0.6) is 0 Å². The molecule has 1 aromatic carbocycles. The van der Waals surface area contributed by atoms with Gasteiger partial charge in [0, 0.05) is 29.9 Å². The van der Waals surface area contributed by atoms with Gasteiger partial charge in [0.15, 0.2) is 0 Å². The van der Waals surface area contributed by atoms with Gasteiger partial charge in [-0.2, -0.15) is 4.31 Å². The summed E-state index contributed by atoms with van der Waals surface area (Å²) in [6.07, 6.45) is 2.67. The normalized spacial score (nSPS) is 20.6. The molecule has 21 heavy (non-hydrogen) atoms. The maximum Gasteiger partial charge on any atom is 0.243 e. The first-order chi connectivity index (χ1) is 9.95. The molecule has 1 aliphatic heterocycles. The van der Waals surface area contributed by atoms with Crippen LogP contribution in [0, 0.1) is 0 Å². The number of nitrogen functional groups attached to an aromatic ring is 1. The van der Waals surface area contributed by atoms with Crippen molar-refractivity contribution in [1.29, 1.82) is 0 Å². The average Bonchev–Trinajstić information content (AvgIpc) is 2.48. The van der Waals surface area contributed by atoms with Crippen LogP contribution < -0.4 is 5.73 Å². The number of hydrogen-bond acceptors (Lipinski definition) is 4. The van der Waals surface area contributed by atoms with Gasteiger partial charge in [0.05, 0.1) is 11.0 Å². The highest BCUT2D eigenvalue weighted by Crippen LogP contribution is 2.27. The summed E-state index contributed by atoms with van der Waals surface area (Å²) < 4.78 is 33.2. The van der Waals surface area contributed by atoms with Crippen LogP contribution in [0.1, 0.15) is 26.2 Å². The molecule has 1 aliphatic rings. The summed E-state index contributed by atoms with van der Waals surface area (Å²) in [7, 11) is -3.49. The summed E-state index contributed by atoms with van der Waals surface area (Å²) in [6.45, 7) is 3.68. The van der Waals surface area contributed by atoms with E-state index in [1.165, 1.54) is 4.31 Å². The molecule has 0 radical (unpaired) electrons. The van der Waals surface area contributed by atoms with Crippen molar-refractivity contribution >= 4 is 31.6 Å². The van der Waals surface area contributed by atoms with E-state index in [0.29, 0.717) is 29.9 Å². The predicted octanol–water partition coefficient (Wildman–Crippen LogP) is 2.61. The molecule has 118 valence electrons. The van der Waals surface area contributed by atoms with Crippen LogP contribution >= 0.6 is 15.9 Å². The van der Waals surface area contributed by atoms with Gasteiger partial charge in [-0.15, -0.1) is 0 Å². The molecule has 5 nitrogen and oxygen atoms in total. The molecule has 2 rings (SSSR count). The molecule has 7 heteroatoms. The third kappa shape index (κ3) is 3.97. The molecular weight excluding hydrogens is 356 g/mol. The molecule has 1 aromatic rings. The molecule has 1 atom stereocenters. The summed E-state index contributed by atoms with van der Waals surface area (Å²) in [6, 6.07) is 4.71.